The van der Waals surface area contributed by atoms with Crippen molar-refractivity contribution in [3.8, 4) is 0 Å². The largest absolute Gasteiger partial charge is 0.303 e. The van der Waals surface area contributed by atoms with Gasteiger partial charge in [0.25, 0.3) is 0 Å². The lowest BCUT2D eigenvalue weighted by Gasteiger charge is -2.10. The van der Waals surface area contributed by atoms with Crippen molar-refractivity contribution < 1.29 is 9.59 Å². The smallest absolute Gasteiger partial charge is 0.181 e. The summed E-state index contributed by atoms with van der Waals surface area (Å²) < 4.78 is 0. The molecule has 1 aliphatic rings. The van der Waals surface area contributed by atoms with E-state index in [9.17, 15) is 9.59 Å². The van der Waals surface area contributed by atoms with Crippen LogP contribution in [0.5, 0.6) is 0 Å². The Balaban J connectivity index is 2.45. The Kier molecular flexibility index (Phi) is 9.94. The standard InChI is InChI=1S/C21H30O2/c1-3-4-8-11-18(2)13-15-20-19(14-16-21(20)23)12-9-6-5-7-10-17-22/h4,6,8-9,14-19H,3,5,7,10-13H2,1-2H3/b8-4-,9-6-,20-15+/t18-,19-/m0/s1. The first-order valence-corrected chi connectivity index (χ1v) is 8.85. The van der Waals surface area contributed by atoms with Gasteiger partial charge in [0.2, 0.25) is 0 Å². The van der Waals surface area contributed by atoms with Crippen molar-refractivity contribution in [3.05, 3.63) is 48.1 Å². The van der Waals surface area contributed by atoms with Gasteiger partial charge in [-0.05, 0) is 50.5 Å². The molecule has 0 aromatic rings. The van der Waals surface area contributed by atoms with E-state index >= 15 is 0 Å². The van der Waals surface area contributed by atoms with Crippen molar-refractivity contribution in [3.63, 3.8) is 0 Å². The molecule has 1 aliphatic carbocycles. The summed E-state index contributed by atoms with van der Waals surface area (Å²) in [5.41, 5.74) is 0.953. The Morgan fingerprint density at radius 1 is 1.13 bits per heavy atom. The number of allylic oxidation sites excluding steroid dienone is 8. The van der Waals surface area contributed by atoms with Gasteiger partial charge in [-0.15, -0.1) is 0 Å². The van der Waals surface area contributed by atoms with E-state index < -0.39 is 0 Å². The topological polar surface area (TPSA) is 34.1 Å². The number of ketones is 1. The maximum absolute atomic E-state index is 12.0. The summed E-state index contributed by atoms with van der Waals surface area (Å²) in [7, 11) is 0. The predicted molar refractivity (Wildman–Crippen MR) is 97.2 cm³/mol. The first-order chi connectivity index (χ1) is 11.2. The second kappa shape index (κ2) is 11.8. The van der Waals surface area contributed by atoms with Crippen LogP contribution in [0.2, 0.25) is 0 Å². The molecule has 0 saturated carbocycles. The maximum Gasteiger partial charge on any atom is 0.181 e. The summed E-state index contributed by atoms with van der Waals surface area (Å²) in [4.78, 5) is 22.3. The molecule has 0 radical (unpaired) electrons. The maximum atomic E-state index is 12.0. The predicted octanol–water partition coefficient (Wildman–Crippen LogP) is 5.37. The van der Waals surface area contributed by atoms with Gasteiger partial charge in [-0.25, -0.2) is 0 Å². The second-order valence-electron chi connectivity index (χ2n) is 6.25. The van der Waals surface area contributed by atoms with Gasteiger partial charge < -0.3 is 4.79 Å². The molecule has 2 heteroatoms. The third-order valence-corrected chi connectivity index (χ3v) is 4.09. The number of unbranched alkanes of at least 4 members (excludes halogenated alkanes) is 2. The van der Waals surface area contributed by atoms with Crippen molar-refractivity contribution in [2.75, 3.05) is 0 Å². The average molecular weight is 314 g/mol. The highest BCUT2D eigenvalue weighted by Crippen LogP contribution is 2.27. The van der Waals surface area contributed by atoms with Gasteiger partial charge in [-0.2, -0.15) is 0 Å². The van der Waals surface area contributed by atoms with Crippen LogP contribution in [0.1, 0.15) is 58.8 Å². The monoisotopic (exact) mass is 314 g/mol. The molecule has 2 atom stereocenters. The lowest BCUT2D eigenvalue weighted by molar-refractivity contribution is -0.111. The van der Waals surface area contributed by atoms with Crippen LogP contribution in [0.4, 0.5) is 0 Å². The fourth-order valence-corrected chi connectivity index (χ4v) is 2.64. The van der Waals surface area contributed by atoms with Gasteiger partial charge in [0.05, 0.1) is 0 Å². The van der Waals surface area contributed by atoms with Gasteiger partial charge in [0, 0.05) is 17.9 Å². The minimum absolute atomic E-state index is 0.167. The van der Waals surface area contributed by atoms with Gasteiger partial charge in [0.1, 0.15) is 6.29 Å². The summed E-state index contributed by atoms with van der Waals surface area (Å²) in [6.45, 7) is 4.37. The Labute approximate surface area is 141 Å². The third-order valence-electron chi connectivity index (χ3n) is 4.09. The fourth-order valence-electron chi connectivity index (χ4n) is 2.64. The zero-order valence-electron chi connectivity index (χ0n) is 14.5. The quantitative estimate of drug-likeness (QED) is 0.222. The van der Waals surface area contributed by atoms with Crippen LogP contribution >= 0.6 is 0 Å². The Morgan fingerprint density at radius 2 is 1.96 bits per heavy atom. The molecule has 0 aromatic heterocycles. The molecule has 0 amide bonds. The molecule has 0 spiro atoms. The van der Waals surface area contributed by atoms with E-state index in [1.807, 2.05) is 6.08 Å². The van der Waals surface area contributed by atoms with Crippen molar-refractivity contribution in [2.45, 2.75) is 58.8 Å². The minimum Gasteiger partial charge on any atom is -0.303 e. The minimum atomic E-state index is 0.167. The van der Waals surface area contributed by atoms with Gasteiger partial charge in [-0.3, -0.25) is 4.79 Å². The van der Waals surface area contributed by atoms with E-state index in [1.165, 1.54) is 0 Å². The lowest BCUT2D eigenvalue weighted by Crippen LogP contribution is -2.03. The highest BCUT2D eigenvalue weighted by Gasteiger charge is 2.21. The molecular weight excluding hydrogens is 284 g/mol. The molecule has 0 heterocycles. The highest BCUT2D eigenvalue weighted by molar-refractivity contribution is 6.07. The zero-order valence-corrected chi connectivity index (χ0v) is 14.5. The summed E-state index contributed by atoms with van der Waals surface area (Å²) >= 11 is 0. The van der Waals surface area contributed by atoms with E-state index in [2.05, 4.69) is 44.2 Å². The molecular formula is C21H30O2. The van der Waals surface area contributed by atoms with E-state index in [0.29, 0.717) is 12.3 Å². The molecule has 1 rings (SSSR count). The van der Waals surface area contributed by atoms with Crippen molar-refractivity contribution in [2.24, 2.45) is 11.8 Å². The molecule has 0 fully saturated rings. The number of hydrogen-bond donors (Lipinski definition) is 0. The second-order valence-corrected chi connectivity index (χ2v) is 6.25. The van der Waals surface area contributed by atoms with Crippen LogP contribution < -0.4 is 0 Å². The van der Waals surface area contributed by atoms with E-state index in [0.717, 1.165) is 50.4 Å². The molecule has 23 heavy (non-hydrogen) atoms. The summed E-state index contributed by atoms with van der Waals surface area (Å²) in [5.74, 6) is 0.960. The van der Waals surface area contributed by atoms with Crippen LogP contribution in [0, 0.1) is 11.8 Å². The molecule has 2 nitrogen and oxygen atoms in total. The van der Waals surface area contributed by atoms with Crippen LogP contribution in [-0.4, -0.2) is 12.1 Å². The van der Waals surface area contributed by atoms with E-state index in [1.54, 1.807) is 6.08 Å². The van der Waals surface area contributed by atoms with Crippen LogP contribution in [0.3, 0.4) is 0 Å². The first kappa shape index (κ1) is 19.3. The van der Waals surface area contributed by atoms with Crippen LogP contribution in [0.25, 0.3) is 0 Å². The van der Waals surface area contributed by atoms with Crippen molar-refractivity contribution >= 4 is 12.1 Å². The van der Waals surface area contributed by atoms with Crippen molar-refractivity contribution in [1.82, 2.24) is 0 Å². The molecule has 0 unspecified atom stereocenters. The van der Waals surface area contributed by atoms with Gasteiger partial charge in [-0.1, -0.05) is 50.3 Å². The number of carbonyl (C=O) groups excluding carboxylic acids is 2. The fraction of sp³-hybridized carbons (Fsp3) is 0.524. The average Bonchev–Trinajstić information content (AvgIpc) is 2.89. The Bertz CT molecular complexity index is 480. The molecule has 0 aromatic carbocycles. The molecule has 126 valence electrons. The number of aldehydes is 1. The summed E-state index contributed by atoms with van der Waals surface area (Å²) in [5, 5.41) is 0. The van der Waals surface area contributed by atoms with Gasteiger partial charge in [0.15, 0.2) is 5.78 Å². The summed E-state index contributed by atoms with van der Waals surface area (Å²) in [6, 6.07) is 0. The molecule has 0 saturated heterocycles. The normalized spacial score (nSPS) is 21.0. The molecule has 0 N–H and O–H groups in total. The Morgan fingerprint density at radius 3 is 2.70 bits per heavy atom. The number of rotatable bonds is 11. The molecule has 0 aliphatic heterocycles. The first-order valence-electron chi connectivity index (χ1n) is 8.85. The van der Waals surface area contributed by atoms with Crippen LogP contribution in [-0.2, 0) is 9.59 Å². The highest BCUT2D eigenvalue weighted by atomic mass is 16.1. The number of hydrogen-bond acceptors (Lipinski definition) is 2. The third kappa shape index (κ3) is 7.92. The number of carbonyl (C=O) groups is 2. The van der Waals surface area contributed by atoms with Crippen molar-refractivity contribution in [1.29, 1.82) is 0 Å². The molecule has 0 bridgehead atoms. The van der Waals surface area contributed by atoms with Gasteiger partial charge >= 0.3 is 0 Å². The van der Waals surface area contributed by atoms with E-state index in [-0.39, 0.29) is 11.7 Å². The Hall–Kier alpha value is -1.70. The zero-order chi connectivity index (χ0) is 16.9. The summed E-state index contributed by atoms with van der Waals surface area (Å²) in [6.07, 6.45) is 22.0. The van der Waals surface area contributed by atoms with Crippen LogP contribution in [0.15, 0.2) is 48.1 Å². The van der Waals surface area contributed by atoms with E-state index in [4.69, 9.17) is 0 Å². The SMILES string of the molecule is CC/C=C\C[C@H](C)C/C=C1/C(=O)C=C[C@@H]1C/C=C\CCCC=O. The lowest BCUT2D eigenvalue weighted by atomic mass is 9.94.